The quantitative estimate of drug-likeness (QED) is 0.602. The van der Waals surface area contributed by atoms with Gasteiger partial charge in [0, 0.05) is 12.5 Å². The zero-order valence-corrected chi connectivity index (χ0v) is 19.3. The number of fused-ring (bicyclic) bond motifs is 3. The van der Waals surface area contributed by atoms with E-state index in [4.69, 9.17) is 4.74 Å². The Kier molecular flexibility index (Phi) is 7.01. The molecule has 2 aliphatic rings. The lowest BCUT2D eigenvalue weighted by Gasteiger charge is -2.38. The van der Waals surface area contributed by atoms with Crippen LogP contribution >= 0.6 is 0 Å². The largest absolute Gasteiger partial charge is 0.480 e. The maximum absolute atomic E-state index is 13.2. The summed E-state index contributed by atoms with van der Waals surface area (Å²) in [6.45, 7) is 6.15. The number of nitrogens with zero attached hydrogens (tertiary/aromatic N) is 1. The maximum atomic E-state index is 13.2. The fourth-order valence-electron chi connectivity index (χ4n) is 5.02. The average molecular weight is 463 g/mol. The zero-order chi connectivity index (χ0) is 24.2. The van der Waals surface area contributed by atoms with E-state index in [1.54, 1.807) is 0 Å². The van der Waals surface area contributed by atoms with E-state index in [2.05, 4.69) is 24.0 Å². The lowest BCUT2D eigenvalue weighted by atomic mass is 9.93. The molecule has 2 aromatic rings. The summed E-state index contributed by atoms with van der Waals surface area (Å²) in [5.74, 6) is -1.35. The molecular weight excluding hydrogens is 432 g/mol. The van der Waals surface area contributed by atoms with Crippen LogP contribution < -0.4 is 5.32 Å². The molecule has 0 saturated carbocycles. The number of hydrogen-bond donors (Lipinski definition) is 2. The van der Waals surface area contributed by atoms with Crippen LogP contribution in [0.5, 0.6) is 0 Å². The number of rotatable bonds is 7. The number of hydrogen-bond acceptors (Lipinski definition) is 4. The van der Waals surface area contributed by atoms with Crippen molar-refractivity contribution in [1.82, 2.24) is 10.2 Å². The molecule has 0 bridgehead atoms. The van der Waals surface area contributed by atoms with Gasteiger partial charge in [-0.2, -0.15) is 0 Å². The van der Waals surface area contributed by atoms with Gasteiger partial charge in [0.1, 0.15) is 18.7 Å². The first-order valence-electron chi connectivity index (χ1n) is 11.7. The molecule has 178 valence electrons. The van der Waals surface area contributed by atoms with Gasteiger partial charge in [-0.15, -0.1) is 6.58 Å². The summed E-state index contributed by atoms with van der Waals surface area (Å²) >= 11 is 0. The Bertz CT molecular complexity index is 1050. The predicted molar refractivity (Wildman–Crippen MR) is 128 cm³/mol. The molecule has 1 aliphatic heterocycles. The molecular formula is C27H30N2O5. The number of likely N-dealkylation sites (tertiary alicyclic amines) is 1. The summed E-state index contributed by atoms with van der Waals surface area (Å²) < 4.78 is 5.58. The molecule has 34 heavy (non-hydrogen) atoms. The third kappa shape index (κ3) is 4.69. The summed E-state index contributed by atoms with van der Waals surface area (Å²) in [6, 6.07) is 14.3. The van der Waals surface area contributed by atoms with Crippen molar-refractivity contribution in [2.24, 2.45) is 5.92 Å². The minimum absolute atomic E-state index is 0.0916. The van der Waals surface area contributed by atoms with Gasteiger partial charge < -0.3 is 20.1 Å². The van der Waals surface area contributed by atoms with Crippen LogP contribution in [-0.2, 0) is 14.3 Å². The summed E-state index contributed by atoms with van der Waals surface area (Å²) in [7, 11) is 0. The molecule has 1 fully saturated rings. The highest BCUT2D eigenvalue weighted by atomic mass is 16.5. The highest BCUT2D eigenvalue weighted by Gasteiger charge is 2.38. The number of alkyl carbamates (subject to hydrolysis) is 1. The van der Waals surface area contributed by atoms with Crippen LogP contribution in [0.15, 0.2) is 61.2 Å². The number of carbonyl (C=O) groups excluding carboxylic acids is 2. The SMILES string of the molecule is C=CCC(NC(=O)OCC1c2ccccc2-c2ccccc21)C(=O)N1CC(C)CCC1C(=O)O. The predicted octanol–water partition coefficient (Wildman–Crippen LogP) is 4.18. The van der Waals surface area contributed by atoms with E-state index < -0.39 is 30.1 Å². The van der Waals surface area contributed by atoms with E-state index in [-0.39, 0.29) is 24.9 Å². The van der Waals surface area contributed by atoms with Crippen LogP contribution in [0.2, 0.25) is 0 Å². The number of ether oxygens (including phenoxy) is 1. The van der Waals surface area contributed by atoms with Gasteiger partial charge in [-0.05, 0) is 47.4 Å². The van der Waals surface area contributed by atoms with E-state index in [1.807, 2.05) is 43.3 Å². The molecule has 1 heterocycles. The van der Waals surface area contributed by atoms with Crippen molar-refractivity contribution in [2.45, 2.75) is 44.2 Å². The molecule has 2 amide bonds. The van der Waals surface area contributed by atoms with Crippen molar-refractivity contribution in [3.05, 3.63) is 72.3 Å². The van der Waals surface area contributed by atoms with Crippen molar-refractivity contribution >= 4 is 18.0 Å². The number of piperidine rings is 1. The summed E-state index contributed by atoms with van der Waals surface area (Å²) in [5, 5.41) is 12.2. The third-order valence-corrected chi connectivity index (χ3v) is 6.72. The van der Waals surface area contributed by atoms with Crippen LogP contribution in [0.25, 0.3) is 11.1 Å². The van der Waals surface area contributed by atoms with E-state index in [9.17, 15) is 19.5 Å². The van der Waals surface area contributed by atoms with Crippen LogP contribution in [0.1, 0.15) is 43.2 Å². The molecule has 2 aromatic carbocycles. The number of amides is 2. The number of carbonyl (C=O) groups is 3. The standard InChI is InChI=1S/C27H30N2O5/c1-3-8-23(25(30)29-15-17(2)13-14-24(29)26(31)32)28-27(33)34-16-22-20-11-6-4-9-18(20)19-10-5-7-12-21(19)22/h3-7,9-12,17,22-24H,1,8,13-16H2,2H3,(H,28,33)(H,31,32). The van der Waals surface area contributed by atoms with E-state index in [0.717, 1.165) is 28.7 Å². The maximum Gasteiger partial charge on any atom is 0.407 e. The van der Waals surface area contributed by atoms with Gasteiger partial charge >= 0.3 is 12.1 Å². The summed E-state index contributed by atoms with van der Waals surface area (Å²) in [4.78, 5) is 39.0. The highest BCUT2D eigenvalue weighted by molar-refractivity contribution is 5.89. The molecule has 1 saturated heterocycles. The Labute approximate surface area is 199 Å². The van der Waals surface area contributed by atoms with Crippen LogP contribution in [-0.4, -0.2) is 53.2 Å². The van der Waals surface area contributed by atoms with Crippen LogP contribution in [0.3, 0.4) is 0 Å². The highest BCUT2D eigenvalue weighted by Crippen LogP contribution is 2.44. The molecule has 7 nitrogen and oxygen atoms in total. The molecule has 2 N–H and O–H groups in total. The van der Waals surface area contributed by atoms with Gasteiger partial charge in [-0.25, -0.2) is 9.59 Å². The molecule has 3 atom stereocenters. The molecule has 7 heteroatoms. The molecule has 1 aliphatic carbocycles. The van der Waals surface area contributed by atoms with Crippen molar-refractivity contribution < 1.29 is 24.2 Å². The fraction of sp³-hybridized carbons (Fsp3) is 0.370. The van der Waals surface area contributed by atoms with Gasteiger partial charge in [0.15, 0.2) is 0 Å². The topological polar surface area (TPSA) is 95.9 Å². The second-order valence-corrected chi connectivity index (χ2v) is 9.07. The van der Waals surface area contributed by atoms with E-state index >= 15 is 0 Å². The van der Waals surface area contributed by atoms with Gasteiger partial charge in [0.05, 0.1) is 0 Å². The number of carboxylic acid groups (broad SMARTS) is 1. The molecule has 0 radical (unpaired) electrons. The zero-order valence-electron chi connectivity index (χ0n) is 19.3. The van der Waals surface area contributed by atoms with Crippen LogP contribution in [0.4, 0.5) is 4.79 Å². The number of benzene rings is 2. The molecule has 0 aromatic heterocycles. The Hall–Kier alpha value is -3.61. The first-order valence-corrected chi connectivity index (χ1v) is 11.7. The Morgan fingerprint density at radius 1 is 1.12 bits per heavy atom. The average Bonchev–Trinajstić information content (AvgIpc) is 3.15. The van der Waals surface area contributed by atoms with E-state index in [0.29, 0.717) is 13.0 Å². The fourth-order valence-corrected chi connectivity index (χ4v) is 5.02. The number of aliphatic carboxylic acids is 1. The molecule has 3 unspecified atom stereocenters. The Balaban J connectivity index is 1.44. The normalized spacial score (nSPS) is 20.1. The van der Waals surface area contributed by atoms with Crippen LogP contribution in [0, 0.1) is 5.92 Å². The van der Waals surface area contributed by atoms with Crippen molar-refractivity contribution in [1.29, 1.82) is 0 Å². The van der Waals surface area contributed by atoms with Gasteiger partial charge in [0.2, 0.25) is 5.91 Å². The number of nitrogens with one attached hydrogen (secondary N) is 1. The minimum atomic E-state index is -1.03. The van der Waals surface area contributed by atoms with Crippen molar-refractivity contribution in [2.75, 3.05) is 13.2 Å². The Morgan fingerprint density at radius 3 is 2.32 bits per heavy atom. The molecule has 0 spiro atoms. The first-order chi connectivity index (χ1) is 16.4. The lowest BCUT2D eigenvalue weighted by molar-refractivity contribution is -0.153. The second-order valence-electron chi connectivity index (χ2n) is 9.07. The number of carboxylic acids is 1. The minimum Gasteiger partial charge on any atom is -0.480 e. The van der Waals surface area contributed by atoms with Gasteiger partial charge in [-0.3, -0.25) is 4.79 Å². The van der Waals surface area contributed by atoms with Crippen molar-refractivity contribution in [3.63, 3.8) is 0 Å². The summed E-state index contributed by atoms with van der Waals surface area (Å²) in [5.41, 5.74) is 4.46. The smallest absolute Gasteiger partial charge is 0.407 e. The van der Waals surface area contributed by atoms with Gasteiger partial charge in [0.25, 0.3) is 0 Å². The monoisotopic (exact) mass is 462 g/mol. The lowest BCUT2D eigenvalue weighted by Crippen LogP contribution is -2.56. The Morgan fingerprint density at radius 2 is 1.74 bits per heavy atom. The first kappa shape index (κ1) is 23.5. The van der Waals surface area contributed by atoms with E-state index in [1.165, 1.54) is 11.0 Å². The summed E-state index contributed by atoms with van der Waals surface area (Å²) in [6.07, 6.45) is 2.15. The van der Waals surface area contributed by atoms with Crippen molar-refractivity contribution in [3.8, 4) is 11.1 Å². The second kappa shape index (κ2) is 10.1. The van der Waals surface area contributed by atoms with Gasteiger partial charge in [-0.1, -0.05) is 61.5 Å². The molecule has 4 rings (SSSR count). The third-order valence-electron chi connectivity index (χ3n) is 6.72.